The lowest BCUT2D eigenvalue weighted by atomic mass is 10.2. The summed E-state index contributed by atoms with van der Waals surface area (Å²) in [6.07, 6.45) is -0.171. The Balaban J connectivity index is 2.00. The Morgan fingerprint density at radius 2 is 2.32 bits per heavy atom. The maximum atomic E-state index is 11.4. The minimum Gasteiger partial charge on any atom is -0.371 e. The van der Waals surface area contributed by atoms with Gasteiger partial charge in [-0.3, -0.25) is 9.63 Å². The van der Waals surface area contributed by atoms with Crippen molar-refractivity contribution in [3.8, 4) is 0 Å². The number of aliphatic hydroxyl groups excluding tert-OH is 1. The van der Waals surface area contributed by atoms with Gasteiger partial charge in [0.1, 0.15) is 6.61 Å². The Morgan fingerprint density at radius 3 is 2.95 bits per heavy atom. The van der Waals surface area contributed by atoms with Crippen LogP contribution in [0, 0.1) is 0 Å². The van der Waals surface area contributed by atoms with Gasteiger partial charge in [-0.1, -0.05) is 12.1 Å². The molecule has 0 spiro atoms. The van der Waals surface area contributed by atoms with Crippen molar-refractivity contribution in [3.63, 3.8) is 0 Å². The zero-order valence-electron chi connectivity index (χ0n) is 10.3. The fourth-order valence-corrected chi connectivity index (χ4v) is 1.81. The van der Waals surface area contributed by atoms with Gasteiger partial charge in [0.15, 0.2) is 12.2 Å². The summed E-state index contributed by atoms with van der Waals surface area (Å²) in [5.41, 5.74) is 12.0. The van der Waals surface area contributed by atoms with Gasteiger partial charge in [0.2, 0.25) is 5.91 Å². The molecule has 1 unspecified atom stereocenters. The fraction of sp³-hybridized carbons (Fsp3) is 0.333. The van der Waals surface area contributed by atoms with Crippen molar-refractivity contribution in [2.24, 2.45) is 16.5 Å². The number of rotatable bonds is 4. The molecule has 0 aliphatic carbocycles. The van der Waals surface area contributed by atoms with E-state index < -0.39 is 6.23 Å². The summed E-state index contributed by atoms with van der Waals surface area (Å²) in [5.74, 6) is -0.240. The van der Waals surface area contributed by atoms with Crippen LogP contribution in [0.4, 0.5) is 5.69 Å². The largest absolute Gasteiger partial charge is 0.371 e. The van der Waals surface area contributed by atoms with Crippen LogP contribution >= 0.6 is 0 Å². The summed E-state index contributed by atoms with van der Waals surface area (Å²) in [6, 6.07) is 7.09. The summed E-state index contributed by atoms with van der Waals surface area (Å²) >= 11 is 0. The number of nitrogens with two attached hydrogens (primary N) is 2. The minimum atomic E-state index is -0.867. The van der Waals surface area contributed by atoms with Crippen molar-refractivity contribution in [2.75, 3.05) is 0 Å². The van der Waals surface area contributed by atoms with E-state index >= 15 is 0 Å². The molecule has 7 nitrogen and oxygen atoms in total. The lowest BCUT2D eigenvalue weighted by Crippen LogP contribution is -2.32. The molecule has 0 bridgehead atoms. The van der Waals surface area contributed by atoms with Crippen LogP contribution in [0.15, 0.2) is 29.3 Å². The molecular formula is C12H16N4O3. The normalized spacial score (nSPS) is 18.7. The van der Waals surface area contributed by atoms with Gasteiger partial charge in [-0.05, 0) is 17.7 Å². The molecule has 0 radical (unpaired) electrons. The Bertz CT molecular complexity index is 500. The van der Waals surface area contributed by atoms with Gasteiger partial charge >= 0.3 is 0 Å². The molecule has 1 amide bonds. The number of nitrogens with zero attached hydrogens (tertiary/aromatic N) is 2. The molecule has 19 heavy (non-hydrogen) atoms. The first-order valence-electron chi connectivity index (χ1n) is 5.88. The number of aliphatic hydroxyl groups is 1. The van der Waals surface area contributed by atoms with Crippen molar-refractivity contribution in [3.05, 3.63) is 29.8 Å². The van der Waals surface area contributed by atoms with Crippen molar-refractivity contribution >= 4 is 17.6 Å². The van der Waals surface area contributed by atoms with E-state index in [0.717, 1.165) is 10.6 Å². The van der Waals surface area contributed by atoms with Crippen LogP contribution in [0.3, 0.4) is 0 Å². The summed E-state index contributed by atoms with van der Waals surface area (Å²) < 4.78 is 0. The lowest BCUT2D eigenvalue weighted by Gasteiger charge is -2.19. The highest BCUT2D eigenvalue weighted by atomic mass is 16.7. The Morgan fingerprint density at radius 1 is 1.53 bits per heavy atom. The highest BCUT2D eigenvalue weighted by Gasteiger charge is 2.30. The number of carbonyl (C=O) groups excluding carboxylic acids is 1. The number of aliphatic imine (C=N–C) groups is 1. The number of hydroxylamine groups is 2. The minimum absolute atomic E-state index is 0.0248. The van der Waals surface area contributed by atoms with E-state index in [1.165, 1.54) is 0 Å². The second-order valence-electron chi connectivity index (χ2n) is 4.22. The molecule has 0 saturated carbocycles. The monoisotopic (exact) mass is 264 g/mol. The third-order valence-corrected chi connectivity index (χ3v) is 2.67. The van der Waals surface area contributed by atoms with E-state index in [2.05, 4.69) is 4.99 Å². The van der Waals surface area contributed by atoms with Crippen LogP contribution in [0.1, 0.15) is 18.4 Å². The topological polar surface area (TPSA) is 114 Å². The molecule has 1 saturated heterocycles. The quantitative estimate of drug-likeness (QED) is 0.521. The van der Waals surface area contributed by atoms with Gasteiger partial charge in [-0.2, -0.15) is 5.06 Å². The molecule has 1 fully saturated rings. The maximum Gasteiger partial charge on any atom is 0.248 e. The van der Waals surface area contributed by atoms with Gasteiger partial charge in [0, 0.05) is 12.8 Å². The number of guanidine groups is 1. The van der Waals surface area contributed by atoms with Crippen LogP contribution in [0.2, 0.25) is 0 Å². The number of hydrogen-bond donors (Lipinski definition) is 3. The number of carbonyl (C=O) groups is 1. The molecule has 2 rings (SSSR count). The van der Waals surface area contributed by atoms with E-state index in [9.17, 15) is 9.90 Å². The maximum absolute atomic E-state index is 11.4. The number of hydrogen-bond acceptors (Lipinski definition) is 4. The van der Waals surface area contributed by atoms with Crippen LogP contribution in [0.25, 0.3) is 0 Å². The molecule has 5 N–H and O–H groups in total. The first-order valence-corrected chi connectivity index (χ1v) is 5.88. The predicted octanol–water partition coefficient (Wildman–Crippen LogP) is -0.0361. The molecule has 0 aromatic heterocycles. The first-order chi connectivity index (χ1) is 9.06. The molecule has 1 aromatic carbocycles. The number of amides is 1. The molecule has 1 aliphatic rings. The third kappa shape index (κ3) is 3.43. The standard InChI is InChI=1S/C12H16N4O3/c13-12(14)15-9-3-1-2-8(6-9)7-19-16-10(17)4-5-11(16)18/h1-3,6,10,17H,4-5,7H2,(H4,13,14,15). The predicted molar refractivity (Wildman–Crippen MR) is 68.8 cm³/mol. The van der Waals surface area contributed by atoms with Gasteiger partial charge in [0.05, 0.1) is 5.69 Å². The summed E-state index contributed by atoms with van der Waals surface area (Å²) in [5, 5.41) is 10.5. The van der Waals surface area contributed by atoms with Gasteiger partial charge in [-0.15, -0.1) is 0 Å². The third-order valence-electron chi connectivity index (χ3n) is 2.67. The van der Waals surface area contributed by atoms with Crippen LogP contribution < -0.4 is 11.5 Å². The molecular weight excluding hydrogens is 248 g/mol. The smallest absolute Gasteiger partial charge is 0.248 e. The van der Waals surface area contributed by atoms with E-state index in [0.29, 0.717) is 18.5 Å². The van der Waals surface area contributed by atoms with Gasteiger partial charge < -0.3 is 16.6 Å². The van der Waals surface area contributed by atoms with E-state index in [1.807, 2.05) is 6.07 Å². The van der Waals surface area contributed by atoms with Crippen molar-refractivity contribution in [1.29, 1.82) is 0 Å². The summed E-state index contributed by atoms with van der Waals surface area (Å²) in [4.78, 5) is 20.6. The van der Waals surface area contributed by atoms with E-state index in [-0.39, 0.29) is 18.5 Å². The molecule has 1 aromatic rings. The van der Waals surface area contributed by atoms with Gasteiger partial charge in [0.25, 0.3) is 0 Å². The Hall–Kier alpha value is -2.12. The van der Waals surface area contributed by atoms with Crippen molar-refractivity contribution in [1.82, 2.24) is 5.06 Å². The Labute approximate surface area is 110 Å². The molecule has 102 valence electrons. The van der Waals surface area contributed by atoms with Crippen LogP contribution in [-0.4, -0.2) is 28.3 Å². The molecule has 1 heterocycles. The average molecular weight is 264 g/mol. The molecule has 1 atom stereocenters. The van der Waals surface area contributed by atoms with E-state index in [4.69, 9.17) is 16.3 Å². The fourth-order valence-electron chi connectivity index (χ4n) is 1.81. The lowest BCUT2D eigenvalue weighted by molar-refractivity contribution is -0.225. The second-order valence-corrected chi connectivity index (χ2v) is 4.22. The van der Waals surface area contributed by atoms with E-state index in [1.54, 1.807) is 18.2 Å². The second kappa shape index (κ2) is 5.68. The van der Waals surface area contributed by atoms with Gasteiger partial charge in [-0.25, -0.2) is 4.99 Å². The van der Waals surface area contributed by atoms with Crippen molar-refractivity contribution < 1.29 is 14.7 Å². The molecule has 1 aliphatic heterocycles. The molecule has 7 heteroatoms. The SMILES string of the molecule is NC(N)=Nc1cccc(CON2C(=O)CCC2O)c1. The van der Waals surface area contributed by atoms with Crippen molar-refractivity contribution in [2.45, 2.75) is 25.7 Å². The number of benzene rings is 1. The zero-order chi connectivity index (χ0) is 13.8. The first kappa shape index (κ1) is 13.3. The summed E-state index contributed by atoms with van der Waals surface area (Å²) in [7, 11) is 0. The summed E-state index contributed by atoms with van der Waals surface area (Å²) in [6.45, 7) is 0.163. The van der Waals surface area contributed by atoms with Crippen LogP contribution in [-0.2, 0) is 16.2 Å². The van der Waals surface area contributed by atoms with Crippen LogP contribution in [0.5, 0.6) is 0 Å². The highest BCUT2D eigenvalue weighted by molar-refractivity contribution is 5.79. The average Bonchev–Trinajstić information content (AvgIpc) is 2.66. The highest BCUT2D eigenvalue weighted by Crippen LogP contribution is 2.19. The zero-order valence-corrected chi connectivity index (χ0v) is 10.3. The Kier molecular flexibility index (Phi) is 3.98.